The van der Waals surface area contributed by atoms with Crippen molar-refractivity contribution in [1.29, 1.82) is 0 Å². The predicted molar refractivity (Wildman–Crippen MR) is 242 cm³/mol. The van der Waals surface area contributed by atoms with Crippen molar-refractivity contribution in [3.05, 3.63) is 216 Å². The van der Waals surface area contributed by atoms with Crippen molar-refractivity contribution in [3.63, 3.8) is 0 Å². The van der Waals surface area contributed by atoms with Crippen molar-refractivity contribution >= 4 is 54.8 Å². The number of allylic oxidation sites excluding steroid dienone is 3. The third kappa shape index (κ3) is 5.32. The summed E-state index contributed by atoms with van der Waals surface area (Å²) in [7, 11) is 0. The van der Waals surface area contributed by atoms with Crippen LogP contribution in [0.4, 0.5) is 0 Å². The molecule has 288 valence electrons. The Kier molecular flexibility index (Phi) is 7.45. The van der Waals surface area contributed by atoms with Crippen molar-refractivity contribution in [2.45, 2.75) is 24.4 Å². The standard InChI is InChI=1S/C55H35N3O3/c1-2-14-32(15-3-1)53-56-54(58-55(57-53)43-23-13-27-48-50(43)41-19-7-10-25-46(41)59-48)40-29-28-37(35-16-4-5-17-36(35)40)44-30-33(31-49-51(44)42-20-8-11-26-47(42)60-49)34-21-12-22-39-38-18-6-9-24-45(38)61-52(34)39/h1-30,33,48,50H,31H2. The number of fused-ring (bicyclic) bond motifs is 10. The van der Waals surface area contributed by atoms with Gasteiger partial charge >= 0.3 is 0 Å². The fourth-order valence-corrected chi connectivity index (χ4v) is 9.95. The van der Waals surface area contributed by atoms with Gasteiger partial charge in [0.2, 0.25) is 0 Å². The van der Waals surface area contributed by atoms with Gasteiger partial charge < -0.3 is 13.6 Å². The number of rotatable bonds is 5. The molecule has 0 amide bonds. The number of hydrogen-bond acceptors (Lipinski definition) is 6. The van der Waals surface area contributed by atoms with E-state index in [-0.39, 0.29) is 17.9 Å². The van der Waals surface area contributed by atoms with E-state index in [1.54, 1.807) is 0 Å². The lowest BCUT2D eigenvalue weighted by Crippen LogP contribution is -2.20. The van der Waals surface area contributed by atoms with Crippen LogP contribution in [-0.2, 0) is 6.42 Å². The molecule has 3 aliphatic rings. The van der Waals surface area contributed by atoms with E-state index >= 15 is 0 Å². The quantitative estimate of drug-likeness (QED) is 0.173. The number of furan rings is 2. The minimum Gasteiger partial charge on any atom is -0.485 e. The van der Waals surface area contributed by atoms with Crippen LogP contribution < -0.4 is 4.74 Å². The summed E-state index contributed by atoms with van der Waals surface area (Å²) in [5, 5.41) is 5.52. The molecular weight excluding hydrogens is 751 g/mol. The van der Waals surface area contributed by atoms with E-state index in [9.17, 15) is 0 Å². The van der Waals surface area contributed by atoms with Gasteiger partial charge in [-0.2, -0.15) is 0 Å². The Labute approximate surface area is 350 Å². The van der Waals surface area contributed by atoms with Gasteiger partial charge in [-0.3, -0.25) is 0 Å². The number of nitrogens with zero attached hydrogens (tertiary/aromatic N) is 3. The molecule has 0 fully saturated rings. The second kappa shape index (κ2) is 13.3. The number of hydrogen-bond donors (Lipinski definition) is 0. The topological polar surface area (TPSA) is 74.2 Å². The molecule has 0 saturated heterocycles. The molecule has 0 N–H and O–H groups in total. The third-order valence-corrected chi connectivity index (χ3v) is 12.7. The highest BCUT2D eigenvalue weighted by Gasteiger charge is 2.38. The maximum absolute atomic E-state index is 6.73. The van der Waals surface area contributed by atoms with Gasteiger partial charge in [0.25, 0.3) is 0 Å². The highest BCUT2D eigenvalue weighted by Crippen LogP contribution is 2.49. The lowest BCUT2D eigenvalue weighted by Gasteiger charge is -2.23. The minimum atomic E-state index is -0.131. The Morgan fingerprint density at radius 2 is 1.16 bits per heavy atom. The van der Waals surface area contributed by atoms with Gasteiger partial charge in [0, 0.05) is 61.9 Å². The highest BCUT2D eigenvalue weighted by molar-refractivity contribution is 6.09. The number of benzene rings is 7. The number of ether oxygens (including phenoxy) is 1. The van der Waals surface area contributed by atoms with E-state index in [1.165, 1.54) is 0 Å². The van der Waals surface area contributed by atoms with Crippen LogP contribution in [0.5, 0.6) is 5.75 Å². The second-order valence-electron chi connectivity index (χ2n) is 16.1. The normalized spacial score (nSPS) is 17.9. The minimum absolute atomic E-state index is 0.0108. The van der Waals surface area contributed by atoms with E-state index in [0.29, 0.717) is 17.5 Å². The maximum Gasteiger partial charge on any atom is 0.164 e. The molecule has 0 bridgehead atoms. The summed E-state index contributed by atoms with van der Waals surface area (Å²) >= 11 is 0. The lowest BCUT2D eigenvalue weighted by molar-refractivity contribution is 0.271. The first-order valence-corrected chi connectivity index (χ1v) is 20.8. The van der Waals surface area contributed by atoms with Crippen LogP contribution in [0.3, 0.4) is 0 Å². The molecule has 3 atom stereocenters. The van der Waals surface area contributed by atoms with Crippen LogP contribution in [0, 0.1) is 0 Å². The highest BCUT2D eigenvalue weighted by atomic mass is 16.5. The molecular formula is C55H35N3O3. The summed E-state index contributed by atoms with van der Waals surface area (Å²) in [5.41, 5.74) is 11.3. The molecule has 61 heavy (non-hydrogen) atoms. The molecule has 6 heteroatoms. The first kappa shape index (κ1) is 34.1. The van der Waals surface area contributed by atoms with Gasteiger partial charge in [-0.25, -0.2) is 15.0 Å². The molecule has 0 saturated carbocycles. The monoisotopic (exact) mass is 785 g/mol. The molecule has 6 nitrogen and oxygen atoms in total. The van der Waals surface area contributed by atoms with Crippen LogP contribution in [0.25, 0.3) is 77.6 Å². The van der Waals surface area contributed by atoms with E-state index in [0.717, 1.165) is 106 Å². The smallest absolute Gasteiger partial charge is 0.164 e. The molecule has 0 spiro atoms. The van der Waals surface area contributed by atoms with E-state index in [1.807, 2.05) is 48.5 Å². The Bertz CT molecular complexity index is 3520. The van der Waals surface area contributed by atoms with E-state index in [4.69, 9.17) is 28.5 Å². The van der Waals surface area contributed by atoms with Crippen LogP contribution in [0.1, 0.15) is 45.7 Å². The maximum atomic E-state index is 6.73. The zero-order chi connectivity index (χ0) is 40.0. The number of para-hydroxylation sites is 4. The Morgan fingerprint density at radius 1 is 0.508 bits per heavy atom. The van der Waals surface area contributed by atoms with Crippen molar-refractivity contribution in [2.24, 2.45) is 0 Å². The lowest BCUT2D eigenvalue weighted by atomic mass is 9.80. The molecule has 0 radical (unpaired) electrons. The van der Waals surface area contributed by atoms with Crippen molar-refractivity contribution in [1.82, 2.24) is 15.0 Å². The van der Waals surface area contributed by atoms with Crippen molar-refractivity contribution < 1.29 is 13.6 Å². The SMILES string of the molecule is C1=CC2Oc3ccccc3C2C(c2nc(-c3ccccc3)nc(-c3ccc(C4=CC(c5cccc6c5oc5ccccc56)Cc5oc6ccccc6c54)c4ccccc34)n2)=C1. The second-order valence-corrected chi connectivity index (χ2v) is 16.1. The molecule has 1 aliphatic heterocycles. The fraction of sp³-hybridized carbons (Fsp3) is 0.0727. The average Bonchev–Trinajstić information content (AvgIpc) is 4.02. The van der Waals surface area contributed by atoms with E-state index in [2.05, 4.69) is 133 Å². The van der Waals surface area contributed by atoms with Crippen LogP contribution >= 0.6 is 0 Å². The molecule has 2 aliphatic carbocycles. The molecule has 3 unspecified atom stereocenters. The van der Waals surface area contributed by atoms with Gasteiger partial charge in [-0.05, 0) is 52.3 Å². The van der Waals surface area contributed by atoms with E-state index < -0.39 is 0 Å². The summed E-state index contributed by atoms with van der Waals surface area (Å²) in [6.45, 7) is 0. The fourth-order valence-electron chi connectivity index (χ4n) is 9.95. The van der Waals surface area contributed by atoms with Gasteiger partial charge in [0.15, 0.2) is 17.5 Å². The number of aromatic nitrogens is 3. The first-order chi connectivity index (χ1) is 30.2. The molecule has 10 aromatic rings. The zero-order valence-electron chi connectivity index (χ0n) is 32.8. The summed E-state index contributed by atoms with van der Waals surface area (Å²) in [5.74, 6) is 3.74. The van der Waals surface area contributed by atoms with Gasteiger partial charge in [0.05, 0.1) is 5.92 Å². The zero-order valence-corrected chi connectivity index (χ0v) is 32.8. The van der Waals surface area contributed by atoms with Gasteiger partial charge in [-0.15, -0.1) is 0 Å². The van der Waals surface area contributed by atoms with Crippen LogP contribution in [0.15, 0.2) is 191 Å². The summed E-state index contributed by atoms with van der Waals surface area (Å²) < 4.78 is 19.8. The van der Waals surface area contributed by atoms with Crippen LogP contribution in [-0.4, -0.2) is 21.1 Å². The third-order valence-electron chi connectivity index (χ3n) is 12.7. The Balaban J connectivity index is 1.00. The van der Waals surface area contributed by atoms with Crippen molar-refractivity contribution in [3.8, 4) is 28.5 Å². The molecule has 13 rings (SSSR count). The average molecular weight is 786 g/mol. The largest absolute Gasteiger partial charge is 0.485 e. The summed E-state index contributed by atoms with van der Waals surface area (Å²) in [6.07, 6.45) is 9.34. The van der Waals surface area contributed by atoms with Gasteiger partial charge in [0.1, 0.15) is 34.4 Å². The predicted octanol–water partition coefficient (Wildman–Crippen LogP) is 13.3. The summed E-state index contributed by atoms with van der Waals surface area (Å²) in [6, 6.07) is 54.7. The Morgan fingerprint density at radius 3 is 2.03 bits per heavy atom. The first-order valence-electron chi connectivity index (χ1n) is 20.8. The van der Waals surface area contributed by atoms with Gasteiger partial charge in [-0.1, -0.05) is 152 Å². The molecule has 7 aromatic carbocycles. The van der Waals surface area contributed by atoms with Crippen molar-refractivity contribution in [2.75, 3.05) is 0 Å². The van der Waals surface area contributed by atoms with Crippen LogP contribution in [0.2, 0.25) is 0 Å². The molecule has 4 heterocycles. The Hall–Kier alpha value is -7.83. The summed E-state index contributed by atoms with van der Waals surface area (Å²) in [4.78, 5) is 15.7. The molecule has 3 aromatic heterocycles.